The van der Waals surface area contributed by atoms with Crippen LogP contribution in [-0.4, -0.2) is 39.9 Å². The van der Waals surface area contributed by atoms with E-state index < -0.39 is 11.9 Å². The third-order valence-corrected chi connectivity index (χ3v) is 5.44. The number of aliphatic hydroxyl groups is 1. The van der Waals surface area contributed by atoms with E-state index in [2.05, 4.69) is 15.1 Å². The number of fused-ring (bicyclic) bond motifs is 1. The Hall–Kier alpha value is -1.08. The fourth-order valence-corrected chi connectivity index (χ4v) is 4.16. The van der Waals surface area contributed by atoms with Gasteiger partial charge in [0.05, 0.1) is 12.3 Å². The van der Waals surface area contributed by atoms with E-state index in [-0.39, 0.29) is 17.6 Å². The number of likely N-dealkylation sites (tertiary alicyclic amines) is 1. The van der Waals surface area contributed by atoms with Crippen molar-refractivity contribution >= 4 is 0 Å². The van der Waals surface area contributed by atoms with Gasteiger partial charge in [-0.25, -0.2) is 0 Å². The summed E-state index contributed by atoms with van der Waals surface area (Å²) < 4.78 is 38.4. The Bertz CT molecular complexity index is 543. The summed E-state index contributed by atoms with van der Waals surface area (Å²) in [6, 6.07) is 0. The molecule has 22 heavy (non-hydrogen) atoms. The quantitative estimate of drug-likeness (QED) is 0.901. The minimum absolute atomic E-state index is 0.0565. The lowest BCUT2D eigenvalue weighted by Gasteiger charge is -2.36. The second-order valence-electron chi connectivity index (χ2n) is 6.81. The molecule has 0 unspecified atom stereocenters. The smallest absolute Gasteiger partial charge is 0.396 e. The van der Waals surface area contributed by atoms with Crippen molar-refractivity contribution in [3.63, 3.8) is 0 Å². The molecular weight excluding hydrogens is 295 g/mol. The highest BCUT2D eigenvalue weighted by atomic mass is 19.4. The summed E-state index contributed by atoms with van der Waals surface area (Å²) in [7, 11) is 0. The highest BCUT2D eigenvalue weighted by Crippen LogP contribution is 2.46. The summed E-state index contributed by atoms with van der Waals surface area (Å²) in [6.07, 6.45) is 0.0190. The molecule has 1 aliphatic heterocycles. The van der Waals surface area contributed by atoms with Gasteiger partial charge < -0.3 is 5.11 Å². The first kappa shape index (κ1) is 15.8. The van der Waals surface area contributed by atoms with Crippen molar-refractivity contribution in [2.24, 2.45) is 11.3 Å². The summed E-state index contributed by atoms with van der Waals surface area (Å²) in [6.45, 7) is 3.68. The van der Waals surface area contributed by atoms with Gasteiger partial charge in [0.1, 0.15) is 0 Å². The maximum absolute atomic E-state index is 12.8. The number of aromatic nitrogens is 2. The van der Waals surface area contributed by atoms with Crippen molar-refractivity contribution < 1.29 is 18.3 Å². The molecule has 0 aromatic carbocycles. The number of nitrogens with one attached hydrogen (secondary N) is 1. The molecule has 0 bridgehead atoms. The van der Waals surface area contributed by atoms with Crippen LogP contribution in [0.15, 0.2) is 0 Å². The van der Waals surface area contributed by atoms with Gasteiger partial charge in [-0.3, -0.25) is 10.00 Å². The zero-order valence-electron chi connectivity index (χ0n) is 12.7. The molecule has 1 aromatic heterocycles. The van der Waals surface area contributed by atoms with Gasteiger partial charge in [-0.05, 0) is 25.7 Å². The SMILES string of the molecule is Cc1c(C(F)(F)F)n[nH]c1CN1C[C@@H]2CCCC[C@]2(CO)C1. The molecule has 1 aliphatic carbocycles. The van der Waals surface area contributed by atoms with Gasteiger partial charge in [-0.2, -0.15) is 18.3 Å². The second kappa shape index (κ2) is 5.53. The van der Waals surface area contributed by atoms with Crippen molar-refractivity contribution in [2.45, 2.75) is 45.3 Å². The van der Waals surface area contributed by atoms with Crippen LogP contribution < -0.4 is 0 Å². The number of hydrogen-bond acceptors (Lipinski definition) is 3. The van der Waals surface area contributed by atoms with Crippen LogP contribution in [0, 0.1) is 18.3 Å². The summed E-state index contributed by atoms with van der Waals surface area (Å²) in [5.74, 6) is 0.455. The van der Waals surface area contributed by atoms with E-state index in [1.165, 1.54) is 13.3 Å². The van der Waals surface area contributed by atoms with Gasteiger partial charge in [-0.15, -0.1) is 0 Å². The Morgan fingerprint density at radius 1 is 1.41 bits per heavy atom. The molecule has 0 radical (unpaired) electrons. The van der Waals surface area contributed by atoms with Gasteiger partial charge in [0.25, 0.3) is 0 Å². The van der Waals surface area contributed by atoms with Crippen molar-refractivity contribution in [1.29, 1.82) is 0 Å². The summed E-state index contributed by atoms with van der Waals surface area (Å²) in [4.78, 5) is 2.16. The average Bonchev–Trinajstić information content (AvgIpc) is 3.00. The number of aliphatic hydroxyl groups excluding tert-OH is 1. The molecule has 2 fully saturated rings. The van der Waals surface area contributed by atoms with Crippen LogP contribution in [0.25, 0.3) is 0 Å². The average molecular weight is 317 g/mol. The molecular formula is C15H22F3N3O. The maximum atomic E-state index is 12.8. The normalized spacial score (nSPS) is 29.8. The fourth-order valence-electron chi connectivity index (χ4n) is 4.16. The molecule has 1 saturated carbocycles. The first-order chi connectivity index (χ1) is 10.4. The van der Waals surface area contributed by atoms with Crippen molar-refractivity contribution in [2.75, 3.05) is 19.7 Å². The number of H-pyrrole nitrogens is 1. The lowest BCUT2D eigenvalue weighted by Crippen LogP contribution is -2.36. The number of nitrogens with zero attached hydrogens (tertiary/aromatic N) is 2. The number of aromatic amines is 1. The van der Waals surface area contributed by atoms with Gasteiger partial charge in [0.15, 0.2) is 5.69 Å². The van der Waals surface area contributed by atoms with Crippen LogP contribution in [0.4, 0.5) is 13.2 Å². The molecule has 2 heterocycles. The van der Waals surface area contributed by atoms with Crippen LogP contribution in [-0.2, 0) is 12.7 Å². The molecule has 2 aliphatic rings. The first-order valence-corrected chi connectivity index (χ1v) is 7.80. The maximum Gasteiger partial charge on any atom is 0.435 e. The summed E-state index contributed by atoms with van der Waals surface area (Å²) in [5.41, 5.74) is -0.172. The van der Waals surface area contributed by atoms with Crippen molar-refractivity contribution in [3.8, 4) is 0 Å². The molecule has 0 spiro atoms. The molecule has 124 valence electrons. The number of rotatable bonds is 3. The van der Waals surface area contributed by atoms with E-state index in [1.54, 1.807) is 0 Å². The third-order valence-electron chi connectivity index (χ3n) is 5.44. The van der Waals surface area contributed by atoms with E-state index >= 15 is 0 Å². The summed E-state index contributed by atoms with van der Waals surface area (Å²) >= 11 is 0. The van der Waals surface area contributed by atoms with E-state index in [0.29, 0.717) is 18.2 Å². The van der Waals surface area contributed by atoms with Crippen LogP contribution in [0.2, 0.25) is 0 Å². The lowest BCUT2D eigenvalue weighted by atomic mass is 9.69. The van der Waals surface area contributed by atoms with Crippen LogP contribution in [0.3, 0.4) is 0 Å². The van der Waals surface area contributed by atoms with Gasteiger partial charge in [0.2, 0.25) is 0 Å². The standard InChI is InChI=1S/C15H22F3N3O/c1-10-12(19-20-13(10)15(16,17)18)7-21-6-11-4-2-3-5-14(11,8-21)9-22/h11,22H,2-9H2,1H3,(H,19,20)/t11-,14+/m0/s1. The van der Waals surface area contributed by atoms with Crippen molar-refractivity contribution in [1.82, 2.24) is 15.1 Å². The van der Waals surface area contributed by atoms with Crippen LogP contribution in [0.1, 0.15) is 42.6 Å². The lowest BCUT2D eigenvalue weighted by molar-refractivity contribution is -0.141. The Labute approximate surface area is 127 Å². The molecule has 2 N–H and O–H groups in total. The topological polar surface area (TPSA) is 52.2 Å². The fraction of sp³-hybridized carbons (Fsp3) is 0.800. The zero-order valence-corrected chi connectivity index (χ0v) is 12.7. The molecule has 1 saturated heterocycles. The largest absolute Gasteiger partial charge is 0.435 e. The third kappa shape index (κ3) is 2.65. The van der Waals surface area contributed by atoms with Crippen molar-refractivity contribution in [3.05, 3.63) is 17.0 Å². The van der Waals surface area contributed by atoms with E-state index in [9.17, 15) is 18.3 Å². The first-order valence-electron chi connectivity index (χ1n) is 7.80. The second-order valence-corrected chi connectivity index (χ2v) is 6.81. The van der Waals surface area contributed by atoms with Crippen LogP contribution >= 0.6 is 0 Å². The molecule has 4 nitrogen and oxygen atoms in total. The van der Waals surface area contributed by atoms with Gasteiger partial charge in [0, 0.05) is 30.6 Å². The van der Waals surface area contributed by atoms with Gasteiger partial charge >= 0.3 is 6.18 Å². The molecule has 1 aromatic rings. The summed E-state index contributed by atoms with van der Waals surface area (Å²) in [5, 5.41) is 15.8. The molecule has 0 amide bonds. The number of hydrogen-bond donors (Lipinski definition) is 2. The molecule has 7 heteroatoms. The number of alkyl halides is 3. The van der Waals surface area contributed by atoms with E-state index in [1.807, 2.05) is 0 Å². The predicted molar refractivity (Wildman–Crippen MR) is 75.1 cm³/mol. The van der Waals surface area contributed by atoms with E-state index in [4.69, 9.17) is 0 Å². The zero-order chi connectivity index (χ0) is 16.0. The Morgan fingerprint density at radius 2 is 2.18 bits per heavy atom. The van der Waals surface area contributed by atoms with Crippen LogP contribution in [0.5, 0.6) is 0 Å². The highest BCUT2D eigenvalue weighted by Gasteiger charge is 2.47. The minimum Gasteiger partial charge on any atom is -0.396 e. The minimum atomic E-state index is -4.41. The number of halogens is 3. The highest BCUT2D eigenvalue weighted by molar-refractivity contribution is 5.26. The molecule has 2 atom stereocenters. The van der Waals surface area contributed by atoms with Gasteiger partial charge in [-0.1, -0.05) is 12.8 Å². The Kier molecular flexibility index (Phi) is 3.97. The Balaban J connectivity index is 1.74. The van der Waals surface area contributed by atoms with E-state index in [0.717, 1.165) is 32.4 Å². The predicted octanol–water partition coefficient (Wildman–Crippen LogP) is 2.72. The Morgan fingerprint density at radius 3 is 2.77 bits per heavy atom. The molecule has 3 rings (SSSR count). The monoisotopic (exact) mass is 317 g/mol.